The molecule has 5 nitrogen and oxygen atoms in total. The summed E-state index contributed by atoms with van der Waals surface area (Å²) in [5.74, 6) is -0.249. The van der Waals surface area contributed by atoms with E-state index in [0.717, 1.165) is 12.2 Å². The average Bonchev–Trinajstić information content (AvgIpc) is 2.69. The third-order valence-corrected chi connectivity index (χ3v) is 4.38. The van der Waals surface area contributed by atoms with Crippen LogP contribution in [0.4, 0.5) is 0 Å². The van der Waals surface area contributed by atoms with Crippen molar-refractivity contribution in [1.29, 1.82) is 0 Å². The first-order chi connectivity index (χ1) is 8.41. The summed E-state index contributed by atoms with van der Waals surface area (Å²) in [6.45, 7) is 1.70. The van der Waals surface area contributed by atoms with Gasteiger partial charge in [0.1, 0.15) is 0 Å². The van der Waals surface area contributed by atoms with E-state index in [1.807, 2.05) is 6.26 Å². The molecule has 0 spiro atoms. The average molecular weight is 274 g/mol. The molecule has 0 aromatic heterocycles. The standard InChI is InChI=1S/C12H22N2O3S/c1-12(11(16)17)6-3-4-9(12)14-10(15)8(13)5-7-18-2/h8-9H,3-7,13H2,1-2H3,(H,14,15)(H,16,17)/t8-,9?,12?/m1/s1. The molecule has 4 N–H and O–H groups in total. The summed E-state index contributed by atoms with van der Waals surface area (Å²) in [5.41, 5.74) is 4.92. The maximum Gasteiger partial charge on any atom is 0.311 e. The second-order valence-electron chi connectivity index (χ2n) is 5.06. The minimum atomic E-state index is -0.852. The van der Waals surface area contributed by atoms with Gasteiger partial charge in [-0.3, -0.25) is 9.59 Å². The minimum Gasteiger partial charge on any atom is -0.481 e. The molecule has 0 heterocycles. The summed E-state index contributed by atoms with van der Waals surface area (Å²) in [6.07, 6.45) is 4.72. The molecule has 0 aromatic rings. The number of hydrogen-bond donors (Lipinski definition) is 3. The quantitative estimate of drug-likeness (QED) is 0.667. The molecule has 1 amide bonds. The van der Waals surface area contributed by atoms with Crippen LogP contribution in [0.15, 0.2) is 0 Å². The van der Waals surface area contributed by atoms with Crippen LogP contribution in [-0.2, 0) is 9.59 Å². The van der Waals surface area contributed by atoms with Gasteiger partial charge >= 0.3 is 5.97 Å². The van der Waals surface area contributed by atoms with E-state index >= 15 is 0 Å². The molecule has 0 aliphatic heterocycles. The van der Waals surface area contributed by atoms with Crippen molar-refractivity contribution in [1.82, 2.24) is 5.32 Å². The number of amides is 1. The zero-order chi connectivity index (χ0) is 13.8. The Kier molecular flexibility index (Phi) is 5.47. The summed E-state index contributed by atoms with van der Waals surface area (Å²) >= 11 is 1.64. The first-order valence-electron chi connectivity index (χ1n) is 6.20. The van der Waals surface area contributed by atoms with Crippen LogP contribution in [0.1, 0.15) is 32.6 Å². The van der Waals surface area contributed by atoms with Gasteiger partial charge in [0.05, 0.1) is 11.5 Å². The normalized spacial score (nSPS) is 28.9. The lowest BCUT2D eigenvalue weighted by Crippen LogP contribution is -2.51. The second-order valence-corrected chi connectivity index (χ2v) is 6.05. The fourth-order valence-electron chi connectivity index (χ4n) is 2.31. The van der Waals surface area contributed by atoms with Gasteiger partial charge in [-0.25, -0.2) is 0 Å². The highest BCUT2D eigenvalue weighted by Gasteiger charge is 2.46. The Labute approximate surface area is 112 Å². The van der Waals surface area contributed by atoms with E-state index in [9.17, 15) is 14.7 Å². The number of carboxylic acid groups (broad SMARTS) is 1. The Bertz CT molecular complexity index is 324. The highest BCUT2D eigenvalue weighted by atomic mass is 32.2. The fraction of sp³-hybridized carbons (Fsp3) is 0.833. The van der Waals surface area contributed by atoms with E-state index in [4.69, 9.17) is 5.73 Å². The lowest BCUT2D eigenvalue weighted by Gasteiger charge is -2.28. The van der Waals surface area contributed by atoms with Gasteiger partial charge in [-0.05, 0) is 38.2 Å². The van der Waals surface area contributed by atoms with Gasteiger partial charge in [-0.15, -0.1) is 0 Å². The minimum absolute atomic E-state index is 0.233. The number of aliphatic carboxylic acids is 1. The van der Waals surface area contributed by atoms with Crippen molar-refractivity contribution < 1.29 is 14.7 Å². The molecule has 1 fully saturated rings. The van der Waals surface area contributed by atoms with E-state index in [2.05, 4.69) is 5.32 Å². The SMILES string of the molecule is CSCC[C@@H](N)C(=O)NC1CCCC1(C)C(=O)O. The lowest BCUT2D eigenvalue weighted by molar-refractivity contribution is -0.149. The largest absolute Gasteiger partial charge is 0.481 e. The number of carbonyl (C=O) groups excluding carboxylic acids is 1. The summed E-state index contributed by atoms with van der Waals surface area (Å²) in [4.78, 5) is 23.1. The van der Waals surface area contributed by atoms with Crippen LogP contribution < -0.4 is 11.1 Å². The van der Waals surface area contributed by atoms with Gasteiger partial charge in [0.2, 0.25) is 5.91 Å². The zero-order valence-corrected chi connectivity index (χ0v) is 11.8. The molecule has 0 bridgehead atoms. The summed E-state index contributed by atoms with van der Waals surface area (Å²) in [7, 11) is 0. The first-order valence-corrected chi connectivity index (χ1v) is 7.59. The molecule has 2 unspecified atom stereocenters. The topological polar surface area (TPSA) is 92.4 Å². The van der Waals surface area contributed by atoms with Crippen LogP contribution in [0.5, 0.6) is 0 Å². The Morgan fingerprint density at radius 1 is 1.61 bits per heavy atom. The van der Waals surface area contributed by atoms with E-state index < -0.39 is 17.4 Å². The predicted molar refractivity (Wildman–Crippen MR) is 72.5 cm³/mol. The molecular weight excluding hydrogens is 252 g/mol. The summed E-state index contributed by atoms with van der Waals surface area (Å²) < 4.78 is 0. The Balaban J connectivity index is 2.56. The number of hydrogen-bond acceptors (Lipinski definition) is 4. The van der Waals surface area contributed by atoms with Gasteiger partial charge in [-0.1, -0.05) is 6.42 Å². The van der Waals surface area contributed by atoms with Crippen LogP contribution in [-0.4, -0.2) is 41.1 Å². The third-order valence-electron chi connectivity index (χ3n) is 3.73. The number of thioether (sulfide) groups is 1. The highest BCUT2D eigenvalue weighted by molar-refractivity contribution is 7.98. The smallest absolute Gasteiger partial charge is 0.311 e. The fourth-order valence-corrected chi connectivity index (χ4v) is 2.80. The van der Waals surface area contributed by atoms with Crippen molar-refractivity contribution >= 4 is 23.6 Å². The molecule has 0 saturated heterocycles. The molecule has 18 heavy (non-hydrogen) atoms. The lowest BCUT2D eigenvalue weighted by atomic mass is 9.85. The van der Waals surface area contributed by atoms with Crippen molar-refractivity contribution in [2.45, 2.75) is 44.7 Å². The molecule has 1 aliphatic rings. The molecule has 1 aliphatic carbocycles. The number of rotatable bonds is 6. The number of nitrogens with two attached hydrogens (primary N) is 1. The highest BCUT2D eigenvalue weighted by Crippen LogP contribution is 2.38. The second kappa shape index (κ2) is 6.43. The number of carboxylic acids is 1. The number of nitrogens with one attached hydrogen (secondary N) is 1. The molecule has 0 radical (unpaired) electrons. The van der Waals surface area contributed by atoms with Crippen molar-refractivity contribution in [2.24, 2.45) is 11.1 Å². The van der Waals surface area contributed by atoms with Crippen LogP contribution in [0.2, 0.25) is 0 Å². The Morgan fingerprint density at radius 2 is 2.28 bits per heavy atom. The van der Waals surface area contributed by atoms with Gasteiger partial charge in [0, 0.05) is 6.04 Å². The van der Waals surface area contributed by atoms with E-state index in [1.165, 1.54) is 0 Å². The first kappa shape index (κ1) is 15.3. The van der Waals surface area contributed by atoms with Crippen molar-refractivity contribution in [2.75, 3.05) is 12.0 Å². The van der Waals surface area contributed by atoms with E-state index in [0.29, 0.717) is 19.3 Å². The van der Waals surface area contributed by atoms with Crippen molar-refractivity contribution in [3.8, 4) is 0 Å². The summed E-state index contributed by atoms with van der Waals surface area (Å²) in [5, 5.41) is 12.1. The molecule has 1 saturated carbocycles. The number of carbonyl (C=O) groups is 2. The third kappa shape index (κ3) is 3.38. The molecule has 3 atom stereocenters. The van der Waals surface area contributed by atoms with Crippen LogP contribution in [0.25, 0.3) is 0 Å². The zero-order valence-electron chi connectivity index (χ0n) is 10.9. The van der Waals surface area contributed by atoms with E-state index in [1.54, 1.807) is 18.7 Å². The molecule has 6 heteroatoms. The molecule has 0 aromatic carbocycles. The van der Waals surface area contributed by atoms with Gasteiger partial charge < -0.3 is 16.2 Å². The Hall–Kier alpha value is -0.750. The van der Waals surface area contributed by atoms with Crippen molar-refractivity contribution in [3.63, 3.8) is 0 Å². The van der Waals surface area contributed by atoms with Gasteiger partial charge in [0.25, 0.3) is 0 Å². The Morgan fingerprint density at radius 3 is 2.83 bits per heavy atom. The maximum absolute atomic E-state index is 11.9. The van der Waals surface area contributed by atoms with Crippen LogP contribution in [0.3, 0.4) is 0 Å². The monoisotopic (exact) mass is 274 g/mol. The molecule has 104 valence electrons. The molecular formula is C12H22N2O3S. The van der Waals surface area contributed by atoms with E-state index in [-0.39, 0.29) is 11.9 Å². The van der Waals surface area contributed by atoms with Gasteiger partial charge in [0.15, 0.2) is 0 Å². The molecule has 1 rings (SSSR count). The maximum atomic E-state index is 11.9. The van der Waals surface area contributed by atoms with Gasteiger partial charge in [-0.2, -0.15) is 11.8 Å². The van der Waals surface area contributed by atoms with Crippen LogP contribution in [0, 0.1) is 5.41 Å². The predicted octanol–water partition coefficient (Wildman–Crippen LogP) is 0.826. The summed E-state index contributed by atoms with van der Waals surface area (Å²) in [6, 6.07) is -0.848. The van der Waals surface area contributed by atoms with Crippen LogP contribution >= 0.6 is 11.8 Å². The van der Waals surface area contributed by atoms with Crippen molar-refractivity contribution in [3.05, 3.63) is 0 Å².